The molecule has 0 amide bonds. The minimum Gasteiger partial charge on any atom is -1.00 e. The first kappa shape index (κ1) is 26.1. The van der Waals surface area contributed by atoms with Crippen LogP contribution in [0.1, 0.15) is 25.4 Å². The Morgan fingerprint density at radius 2 is 1.60 bits per heavy atom. The van der Waals surface area contributed by atoms with Crippen molar-refractivity contribution in [3.63, 3.8) is 0 Å². The fourth-order valence-corrected chi connectivity index (χ4v) is 1.73. The van der Waals surface area contributed by atoms with E-state index in [4.69, 9.17) is 15.7 Å². The van der Waals surface area contributed by atoms with Crippen LogP contribution < -0.4 is 24.6 Å². The minimum atomic E-state index is -0.367. The standard InChI is InChI=1S/C7H8FN.C7H4FN.C4H8O.Al.Li.4H/c2*8-7-3-1-2-6(4-7)5-9;1-2-4-5-3-1;;;;;;/h1-4H,5,9H2;1-4H;1-4H2;;;;;;/q;;;;+1;;;;-1. The Kier molecular flexibility index (Phi) is 17.0. The van der Waals surface area contributed by atoms with Crippen molar-refractivity contribution in [3.8, 4) is 6.07 Å². The van der Waals surface area contributed by atoms with E-state index in [-0.39, 0.29) is 49.3 Å². The molecular weight excluding hydrogens is 332 g/mol. The van der Waals surface area contributed by atoms with Gasteiger partial charge in [-0.25, -0.2) is 8.78 Å². The molecule has 0 bridgehead atoms. The zero-order valence-electron chi connectivity index (χ0n) is 14.8. The van der Waals surface area contributed by atoms with Crippen molar-refractivity contribution >= 4 is 17.4 Å². The summed E-state index contributed by atoms with van der Waals surface area (Å²) < 4.78 is 29.4. The largest absolute Gasteiger partial charge is 1.00 e. The third-order valence-corrected chi connectivity index (χ3v) is 2.91. The fraction of sp³-hybridized carbons (Fsp3) is 0.278. The fourth-order valence-electron chi connectivity index (χ4n) is 1.73. The Morgan fingerprint density at radius 1 is 1.04 bits per heavy atom. The van der Waals surface area contributed by atoms with Crippen LogP contribution in [0.2, 0.25) is 0 Å². The van der Waals surface area contributed by atoms with E-state index >= 15 is 0 Å². The Hall–Kier alpha value is -1.16. The van der Waals surface area contributed by atoms with Crippen LogP contribution in [0, 0.1) is 23.0 Å². The van der Waals surface area contributed by atoms with Gasteiger partial charge in [-0.05, 0) is 48.7 Å². The molecule has 3 rings (SSSR count). The van der Waals surface area contributed by atoms with Crippen LogP contribution in [0.5, 0.6) is 0 Å². The van der Waals surface area contributed by atoms with Crippen molar-refractivity contribution in [1.29, 1.82) is 5.26 Å². The van der Waals surface area contributed by atoms with E-state index < -0.39 is 0 Å². The first-order valence-electron chi connectivity index (χ1n) is 7.33. The topological polar surface area (TPSA) is 59.0 Å². The van der Waals surface area contributed by atoms with Gasteiger partial charge in [-0.2, -0.15) is 5.26 Å². The monoisotopic (exact) mass is 356 g/mol. The number of ether oxygens (including phenoxy) is 1. The maximum Gasteiger partial charge on any atom is 1.00 e. The van der Waals surface area contributed by atoms with Gasteiger partial charge in [-0.15, -0.1) is 0 Å². The van der Waals surface area contributed by atoms with E-state index in [9.17, 15) is 8.78 Å². The van der Waals surface area contributed by atoms with Crippen LogP contribution in [-0.2, 0) is 11.3 Å². The number of hydrogen-bond donors (Lipinski definition) is 1. The van der Waals surface area contributed by atoms with Gasteiger partial charge >= 0.3 is 18.9 Å². The van der Waals surface area contributed by atoms with Gasteiger partial charge in [-0.1, -0.05) is 18.2 Å². The quantitative estimate of drug-likeness (QED) is 0.715. The molecule has 2 aromatic rings. The normalized spacial score (nSPS) is 11.3. The molecule has 0 atom stereocenters. The molecule has 0 spiro atoms. The van der Waals surface area contributed by atoms with Crippen molar-refractivity contribution in [1.82, 2.24) is 0 Å². The minimum absolute atomic E-state index is 0. The summed E-state index contributed by atoms with van der Waals surface area (Å²) in [5.41, 5.74) is 6.44. The maximum absolute atomic E-state index is 12.3. The van der Waals surface area contributed by atoms with Crippen molar-refractivity contribution in [2.45, 2.75) is 19.4 Å². The van der Waals surface area contributed by atoms with E-state index in [1.54, 1.807) is 18.2 Å². The molecule has 1 saturated heterocycles. The summed E-state index contributed by atoms with van der Waals surface area (Å²) in [6.07, 6.45) is 2.56. The van der Waals surface area contributed by atoms with Gasteiger partial charge in [0.1, 0.15) is 11.6 Å². The summed E-state index contributed by atoms with van der Waals surface area (Å²) in [6.45, 7) is 2.40. The number of hydrogen-bond acceptors (Lipinski definition) is 3. The smallest absolute Gasteiger partial charge is 1.00 e. The number of halogens is 2. The van der Waals surface area contributed by atoms with Gasteiger partial charge in [0, 0.05) is 19.8 Å². The van der Waals surface area contributed by atoms with Crippen LogP contribution in [0.25, 0.3) is 0 Å². The van der Waals surface area contributed by atoms with Gasteiger partial charge in [0.15, 0.2) is 17.4 Å². The number of nitrogens with zero attached hydrogens (tertiary/aromatic N) is 1. The molecule has 0 aromatic heterocycles. The average Bonchev–Trinajstić information content (AvgIpc) is 3.15. The summed E-state index contributed by atoms with van der Waals surface area (Å²) in [6, 6.07) is 13.7. The molecule has 25 heavy (non-hydrogen) atoms. The van der Waals surface area contributed by atoms with Crippen molar-refractivity contribution in [3.05, 3.63) is 71.3 Å². The van der Waals surface area contributed by atoms with Crippen LogP contribution in [0.3, 0.4) is 0 Å². The third kappa shape index (κ3) is 12.8. The predicted molar refractivity (Wildman–Crippen MR) is 96.5 cm³/mol. The van der Waals surface area contributed by atoms with E-state index in [0.29, 0.717) is 12.1 Å². The zero-order chi connectivity index (χ0) is 16.9. The summed E-state index contributed by atoms with van der Waals surface area (Å²) in [5, 5.41) is 8.25. The van der Waals surface area contributed by atoms with E-state index in [1.165, 1.54) is 43.2 Å². The second-order valence-corrected chi connectivity index (χ2v) is 4.78. The molecular formula is C18H24AlF2LiN2O. The summed E-state index contributed by atoms with van der Waals surface area (Å²) in [4.78, 5) is 0. The molecule has 0 aliphatic carbocycles. The van der Waals surface area contributed by atoms with Gasteiger partial charge in [0.25, 0.3) is 0 Å². The summed E-state index contributed by atoms with van der Waals surface area (Å²) in [5.74, 6) is -0.591. The van der Waals surface area contributed by atoms with Gasteiger partial charge in [0.2, 0.25) is 0 Å². The summed E-state index contributed by atoms with van der Waals surface area (Å²) in [7, 11) is 0. The molecule has 130 valence electrons. The molecule has 2 N–H and O–H groups in total. The third-order valence-electron chi connectivity index (χ3n) is 2.91. The van der Waals surface area contributed by atoms with Gasteiger partial charge < -0.3 is 11.9 Å². The van der Waals surface area contributed by atoms with Crippen molar-refractivity contribution < 1.29 is 33.8 Å². The van der Waals surface area contributed by atoms with E-state index in [1.807, 2.05) is 6.07 Å². The predicted octanol–water partition coefficient (Wildman–Crippen LogP) is -0.289. The Bertz CT molecular complexity index is 633. The van der Waals surface area contributed by atoms with Crippen LogP contribution in [0.15, 0.2) is 48.5 Å². The van der Waals surface area contributed by atoms with Crippen molar-refractivity contribution in [2.24, 2.45) is 5.73 Å². The Balaban J connectivity index is -0.000000298. The SMILES string of the molecule is C1CCOC1.N#Cc1cccc(F)c1.NCc1cccc(F)c1.[AlH3].[H-].[Li+]. The van der Waals surface area contributed by atoms with Gasteiger partial charge in [0.05, 0.1) is 11.6 Å². The molecule has 1 heterocycles. The van der Waals surface area contributed by atoms with Gasteiger partial charge in [-0.3, -0.25) is 0 Å². The maximum atomic E-state index is 12.3. The molecule has 3 nitrogen and oxygen atoms in total. The zero-order valence-corrected chi connectivity index (χ0v) is 13.8. The first-order chi connectivity index (χ1) is 11.2. The van der Waals surface area contributed by atoms with E-state index in [2.05, 4.69) is 0 Å². The molecule has 0 radical (unpaired) electrons. The number of nitrogens with two attached hydrogens (primary N) is 1. The van der Waals surface area contributed by atoms with Crippen LogP contribution in [0.4, 0.5) is 8.78 Å². The molecule has 7 heteroatoms. The van der Waals surface area contributed by atoms with Crippen LogP contribution >= 0.6 is 0 Å². The molecule has 1 aliphatic rings. The van der Waals surface area contributed by atoms with Crippen molar-refractivity contribution in [2.75, 3.05) is 13.2 Å². The molecule has 0 saturated carbocycles. The number of benzene rings is 2. The second kappa shape index (κ2) is 16.3. The molecule has 1 aliphatic heterocycles. The van der Waals surface area contributed by atoms with E-state index in [0.717, 1.165) is 18.8 Å². The first-order valence-corrected chi connectivity index (χ1v) is 7.33. The van der Waals surface area contributed by atoms with Crippen LogP contribution in [-0.4, -0.2) is 30.6 Å². The molecule has 1 fully saturated rings. The molecule has 0 unspecified atom stereocenters. The second-order valence-electron chi connectivity index (χ2n) is 4.78. The number of rotatable bonds is 1. The summed E-state index contributed by atoms with van der Waals surface area (Å²) >= 11 is 0. The number of nitriles is 1. The Morgan fingerprint density at radius 3 is 1.92 bits per heavy atom. The molecule has 2 aromatic carbocycles. The Labute approximate surface area is 172 Å². The average molecular weight is 356 g/mol.